The van der Waals surface area contributed by atoms with E-state index in [1.54, 1.807) is 19.2 Å². The Labute approximate surface area is 267 Å². The Bertz CT molecular complexity index is 1680. The minimum atomic E-state index is -4.24. The van der Waals surface area contributed by atoms with Crippen molar-refractivity contribution < 1.29 is 27.5 Å². The number of pyridine rings is 2. The Morgan fingerprint density at radius 3 is 2.48 bits per heavy atom. The van der Waals surface area contributed by atoms with Crippen molar-refractivity contribution >= 4 is 23.0 Å². The van der Waals surface area contributed by atoms with Gasteiger partial charge in [0.25, 0.3) is 11.8 Å². The highest BCUT2D eigenvalue weighted by Gasteiger charge is 2.34. The van der Waals surface area contributed by atoms with Crippen LogP contribution in [0.2, 0.25) is 0 Å². The van der Waals surface area contributed by atoms with Crippen LogP contribution < -0.4 is 5.32 Å². The Morgan fingerprint density at radius 1 is 1.11 bits per heavy atom. The van der Waals surface area contributed by atoms with Gasteiger partial charge in [-0.3, -0.25) is 24.4 Å². The van der Waals surface area contributed by atoms with Gasteiger partial charge in [0.15, 0.2) is 0 Å². The van der Waals surface area contributed by atoms with Crippen molar-refractivity contribution in [2.45, 2.75) is 52.8 Å². The van der Waals surface area contributed by atoms with E-state index < -0.39 is 18.6 Å². The molecule has 0 spiro atoms. The fourth-order valence-corrected chi connectivity index (χ4v) is 6.42. The molecule has 0 aromatic carbocycles. The van der Waals surface area contributed by atoms with E-state index in [0.717, 1.165) is 33.6 Å². The second-order valence-electron chi connectivity index (χ2n) is 12.4. The molecule has 1 N–H and O–H groups in total. The lowest BCUT2D eigenvalue weighted by Crippen LogP contribution is -2.50. The van der Waals surface area contributed by atoms with Crippen molar-refractivity contribution in [2.24, 2.45) is 10.9 Å². The minimum absolute atomic E-state index is 0.0146. The highest BCUT2D eigenvalue weighted by atomic mass is 19.4. The number of hydrogen-bond acceptors (Lipinski definition) is 6. The van der Waals surface area contributed by atoms with Crippen LogP contribution in [0.1, 0.15) is 67.0 Å². The molecule has 0 saturated carbocycles. The maximum Gasteiger partial charge on any atom is 0.401 e. The summed E-state index contributed by atoms with van der Waals surface area (Å²) >= 11 is 0. The van der Waals surface area contributed by atoms with Crippen molar-refractivity contribution in [2.75, 3.05) is 46.4 Å². The molecule has 2 unspecified atom stereocenters. The summed E-state index contributed by atoms with van der Waals surface area (Å²) in [5.74, 6) is -0.788. The number of dihydropyridines is 1. The molecule has 0 radical (unpaired) electrons. The highest BCUT2D eigenvalue weighted by Crippen LogP contribution is 2.35. The van der Waals surface area contributed by atoms with E-state index in [2.05, 4.69) is 44.5 Å². The fraction of sp³-hybridized carbons (Fsp3) is 0.471. The number of nitrogens with one attached hydrogen (secondary N) is 1. The van der Waals surface area contributed by atoms with Crippen LogP contribution in [0.15, 0.2) is 53.5 Å². The number of nitrogens with zero attached hydrogens (tertiary/aromatic N) is 5. The normalized spacial score (nSPS) is 18.9. The average Bonchev–Trinajstić information content (AvgIpc) is 3.42. The fourth-order valence-electron chi connectivity index (χ4n) is 6.42. The van der Waals surface area contributed by atoms with E-state index in [-0.39, 0.29) is 30.3 Å². The number of hydrogen-bond donors (Lipinski definition) is 1. The van der Waals surface area contributed by atoms with E-state index in [9.17, 15) is 22.8 Å². The molecule has 2 aliphatic heterocycles. The molecule has 3 aromatic heterocycles. The first kappa shape index (κ1) is 33.3. The van der Waals surface area contributed by atoms with Gasteiger partial charge < -0.3 is 14.5 Å². The zero-order valence-electron chi connectivity index (χ0n) is 27.1. The van der Waals surface area contributed by atoms with E-state index >= 15 is 0 Å². The number of fused-ring (bicyclic) bond motifs is 1. The SMILES string of the molecule is COC1=CC(C)=NC(=O)C1CNC(=O)c1cc2c(-c3ccnc(C(C)C)c3)ccn2c(C(C)N2CCN(CC(F)(F)F)CC2)c1C. The number of piperazine rings is 1. The van der Waals surface area contributed by atoms with Crippen LogP contribution in [0.3, 0.4) is 0 Å². The number of aromatic nitrogens is 2. The van der Waals surface area contributed by atoms with Crippen molar-refractivity contribution in [1.82, 2.24) is 24.5 Å². The number of carbonyl (C=O) groups excluding carboxylic acids is 2. The first-order valence-corrected chi connectivity index (χ1v) is 15.5. The first-order chi connectivity index (χ1) is 21.8. The summed E-state index contributed by atoms with van der Waals surface area (Å²) in [6, 6.07) is 7.68. The largest absolute Gasteiger partial charge is 0.500 e. The summed E-state index contributed by atoms with van der Waals surface area (Å²) < 4.78 is 46.6. The summed E-state index contributed by atoms with van der Waals surface area (Å²) in [5, 5.41) is 2.94. The van der Waals surface area contributed by atoms with Gasteiger partial charge in [-0.05, 0) is 68.2 Å². The van der Waals surface area contributed by atoms with Crippen LogP contribution in [0, 0.1) is 12.8 Å². The van der Waals surface area contributed by atoms with Gasteiger partial charge in [0.1, 0.15) is 11.7 Å². The molecule has 9 nitrogen and oxygen atoms in total. The van der Waals surface area contributed by atoms with E-state index in [1.165, 1.54) is 12.0 Å². The molecule has 2 aliphatic rings. The number of methoxy groups -OCH3 is 1. The van der Waals surface area contributed by atoms with Gasteiger partial charge in [-0.15, -0.1) is 0 Å². The summed E-state index contributed by atoms with van der Waals surface area (Å²) in [6.07, 6.45) is 1.22. The average molecular weight is 639 g/mol. The molecule has 1 saturated heterocycles. The molecule has 246 valence electrons. The molecule has 46 heavy (non-hydrogen) atoms. The number of carbonyl (C=O) groups is 2. The number of halogens is 3. The van der Waals surface area contributed by atoms with Gasteiger partial charge in [-0.2, -0.15) is 13.2 Å². The lowest BCUT2D eigenvalue weighted by Gasteiger charge is -2.39. The summed E-state index contributed by atoms with van der Waals surface area (Å²) in [4.78, 5) is 38.7. The van der Waals surface area contributed by atoms with Gasteiger partial charge in [-0.1, -0.05) is 13.8 Å². The second-order valence-corrected chi connectivity index (χ2v) is 12.4. The standard InChI is InChI=1S/C34H41F3N6O3/c1-20(2)28-16-24(7-9-38-28)25-8-10-43-29(25)17-26(32(44)39-18-27-30(46-6)15-21(3)40-33(27)45)22(4)31(43)23(5)42-13-11-41(12-14-42)19-34(35,36)37/h7-10,15-17,20,23,27H,11-14,18-19H2,1-6H3,(H,39,44). The zero-order chi connectivity index (χ0) is 33.3. The van der Waals surface area contributed by atoms with Crippen molar-refractivity contribution in [3.8, 4) is 11.1 Å². The molecule has 2 atom stereocenters. The second kappa shape index (κ2) is 13.4. The number of aliphatic imine (C=N–C) groups is 1. The quantitative estimate of drug-likeness (QED) is 0.331. The van der Waals surface area contributed by atoms with Crippen LogP contribution in [0.25, 0.3) is 16.6 Å². The maximum absolute atomic E-state index is 13.9. The van der Waals surface area contributed by atoms with Crippen LogP contribution in [-0.4, -0.2) is 89.3 Å². The van der Waals surface area contributed by atoms with Gasteiger partial charge >= 0.3 is 6.18 Å². The summed E-state index contributed by atoms with van der Waals surface area (Å²) in [7, 11) is 1.49. The van der Waals surface area contributed by atoms with E-state index in [1.807, 2.05) is 38.2 Å². The van der Waals surface area contributed by atoms with Crippen molar-refractivity contribution in [1.29, 1.82) is 0 Å². The molecule has 2 amide bonds. The lowest BCUT2D eigenvalue weighted by molar-refractivity contribution is -0.149. The Morgan fingerprint density at radius 2 is 1.83 bits per heavy atom. The third-order valence-electron chi connectivity index (χ3n) is 8.92. The molecular formula is C34H41F3N6O3. The number of ether oxygens (including phenoxy) is 1. The molecular weight excluding hydrogens is 597 g/mol. The maximum atomic E-state index is 13.9. The first-order valence-electron chi connectivity index (χ1n) is 15.5. The highest BCUT2D eigenvalue weighted by molar-refractivity contribution is 6.06. The van der Waals surface area contributed by atoms with Crippen LogP contribution >= 0.6 is 0 Å². The van der Waals surface area contributed by atoms with Crippen LogP contribution in [0.5, 0.6) is 0 Å². The lowest BCUT2D eigenvalue weighted by atomic mass is 9.97. The third-order valence-corrected chi connectivity index (χ3v) is 8.92. The van der Waals surface area contributed by atoms with Gasteiger partial charge in [0.05, 0.1) is 19.2 Å². The Kier molecular flexibility index (Phi) is 9.69. The molecule has 0 aliphatic carbocycles. The monoisotopic (exact) mass is 638 g/mol. The summed E-state index contributed by atoms with van der Waals surface area (Å²) in [6.45, 7) is 10.4. The molecule has 0 bridgehead atoms. The Hall–Kier alpha value is -4.03. The third kappa shape index (κ3) is 7.02. The summed E-state index contributed by atoms with van der Waals surface area (Å²) in [5.41, 5.74) is 6.29. The predicted octanol–water partition coefficient (Wildman–Crippen LogP) is 5.55. The molecule has 5 heterocycles. The van der Waals surface area contributed by atoms with Crippen molar-refractivity contribution in [3.05, 3.63) is 71.0 Å². The number of amides is 2. The number of alkyl halides is 3. The topological polar surface area (TPSA) is 91.5 Å². The molecule has 12 heteroatoms. The predicted molar refractivity (Wildman–Crippen MR) is 171 cm³/mol. The van der Waals surface area contributed by atoms with Gasteiger partial charge in [0, 0.05) is 79.4 Å². The van der Waals surface area contributed by atoms with Gasteiger partial charge in [0.2, 0.25) is 0 Å². The van der Waals surface area contributed by atoms with Crippen LogP contribution in [-0.2, 0) is 9.53 Å². The number of rotatable bonds is 9. The van der Waals surface area contributed by atoms with Gasteiger partial charge in [-0.25, -0.2) is 4.99 Å². The van der Waals surface area contributed by atoms with E-state index in [4.69, 9.17) is 4.74 Å². The molecule has 1 fully saturated rings. The van der Waals surface area contributed by atoms with Crippen LogP contribution in [0.4, 0.5) is 13.2 Å². The zero-order valence-corrected chi connectivity index (χ0v) is 27.1. The minimum Gasteiger partial charge on any atom is -0.500 e. The van der Waals surface area contributed by atoms with Crippen molar-refractivity contribution in [3.63, 3.8) is 0 Å². The number of allylic oxidation sites excluding steroid dienone is 1. The molecule has 3 aromatic rings. The Balaban J connectivity index is 1.52. The molecule has 5 rings (SSSR count). The smallest absolute Gasteiger partial charge is 0.401 e. The van der Waals surface area contributed by atoms with E-state index in [0.29, 0.717) is 43.2 Å².